The maximum atomic E-state index is 13.7. The molecule has 0 amide bonds. The van der Waals surface area contributed by atoms with E-state index in [2.05, 4.69) is 25.9 Å². The van der Waals surface area contributed by atoms with E-state index in [9.17, 15) is 13.2 Å². The first-order chi connectivity index (χ1) is 14.3. The monoisotopic (exact) mass is 495 g/mol. The fourth-order valence-electron chi connectivity index (χ4n) is 3.81. The van der Waals surface area contributed by atoms with Crippen LogP contribution in [-0.4, -0.2) is 16.5 Å². The van der Waals surface area contributed by atoms with E-state index >= 15 is 0 Å². The minimum absolute atomic E-state index is 0.0386. The van der Waals surface area contributed by atoms with E-state index in [1.165, 1.54) is 0 Å². The van der Waals surface area contributed by atoms with E-state index in [0.717, 1.165) is 39.9 Å². The summed E-state index contributed by atoms with van der Waals surface area (Å²) in [5.74, 6) is 0. The Morgan fingerprint density at radius 1 is 1.10 bits per heavy atom. The van der Waals surface area contributed by atoms with Gasteiger partial charge in [0.2, 0.25) is 0 Å². The van der Waals surface area contributed by atoms with Crippen LogP contribution in [0.3, 0.4) is 0 Å². The molecule has 3 N–H and O–H groups in total. The van der Waals surface area contributed by atoms with Gasteiger partial charge in [0, 0.05) is 32.0 Å². The van der Waals surface area contributed by atoms with Gasteiger partial charge in [0.25, 0.3) is 0 Å². The van der Waals surface area contributed by atoms with Crippen molar-refractivity contribution >= 4 is 49.3 Å². The predicted octanol–water partition coefficient (Wildman–Crippen LogP) is 7.10. The number of nitrogens with two attached hydrogens (primary N) is 1. The van der Waals surface area contributed by atoms with Crippen molar-refractivity contribution in [2.45, 2.75) is 25.4 Å². The quantitative estimate of drug-likeness (QED) is 0.290. The molecule has 0 aliphatic heterocycles. The van der Waals surface area contributed by atoms with Crippen LogP contribution in [0.1, 0.15) is 24.0 Å². The number of H-pyrrole nitrogens is 1. The molecule has 0 aliphatic rings. The summed E-state index contributed by atoms with van der Waals surface area (Å²) in [4.78, 5) is 7.55. The van der Waals surface area contributed by atoms with Crippen LogP contribution in [0.2, 0.25) is 5.02 Å². The number of halogens is 5. The van der Waals surface area contributed by atoms with E-state index < -0.39 is 11.7 Å². The molecule has 0 saturated heterocycles. The molecule has 4 aromatic rings. The molecule has 156 valence electrons. The Kier molecular flexibility index (Phi) is 5.79. The fourth-order valence-corrected chi connectivity index (χ4v) is 4.48. The third-order valence-electron chi connectivity index (χ3n) is 5.15. The maximum Gasteiger partial charge on any atom is 0.418 e. The second kappa shape index (κ2) is 8.21. The lowest BCUT2D eigenvalue weighted by Gasteiger charge is -2.09. The number of aryl methyl sites for hydroxylation is 1. The van der Waals surface area contributed by atoms with Gasteiger partial charge in [0.05, 0.1) is 22.3 Å². The smallest absolute Gasteiger partial charge is 0.354 e. The van der Waals surface area contributed by atoms with Crippen molar-refractivity contribution in [2.75, 3.05) is 6.54 Å². The molecule has 0 bridgehead atoms. The van der Waals surface area contributed by atoms with Gasteiger partial charge in [-0.2, -0.15) is 13.2 Å². The number of pyridine rings is 1. The summed E-state index contributed by atoms with van der Waals surface area (Å²) in [6.45, 7) is 0.523. The Morgan fingerprint density at radius 2 is 1.90 bits per heavy atom. The molecule has 4 rings (SSSR count). The standard InChI is InChI=1S/C22H18BrClF3N3/c23-18-7-6-15(19-14(18)5-3-9-29-19)20-13(4-1-2-8-28)16-10-12(24)11-17(21(16)30-20)22(25,26)27/h3,5-7,9-11,30H,1-2,4,8,28H2. The zero-order valence-electron chi connectivity index (χ0n) is 15.8. The molecule has 0 spiro atoms. The van der Waals surface area contributed by atoms with Crippen molar-refractivity contribution in [1.82, 2.24) is 9.97 Å². The first-order valence-corrected chi connectivity index (χ1v) is 10.6. The van der Waals surface area contributed by atoms with Gasteiger partial charge in [0.1, 0.15) is 0 Å². The van der Waals surface area contributed by atoms with E-state index in [4.69, 9.17) is 17.3 Å². The number of hydrogen-bond donors (Lipinski definition) is 2. The molecule has 2 aromatic carbocycles. The van der Waals surface area contributed by atoms with Gasteiger partial charge in [-0.3, -0.25) is 4.98 Å². The number of aromatic nitrogens is 2. The number of unbranched alkanes of at least 4 members (excludes halogenated alkanes) is 1. The van der Waals surface area contributed by atoms with Gasteiger partial charge in [-0.1, -0.05) is 33.6 Å². The Bertz CT molecular complexity index is 1230. The normalized spacial score (nSPS) is 12.2. The lowest BCUT2D eigenvalue weighted by molar-refractivity contribution is -0.136. The zero-order valence-corrected chi connectivity index (χ0v) is 18.1. The Balaban J connectivity index is 2.05. The number of rotatable bonds is 5. The van der Waals surface area contributed by atoms with Crippen LogP contribution in [0.5, 0.6) is 0 Å². The van der Waals surface area contributed by atoms with Crippen molar-refractivity contribution in [3.8, 4) is 11.3 Å². The summed E-state index contributed by atoms with van der Waals surface area (Å²) in [6.07, 6.45) is -0.744. The number of nitrogens with one attached hydrogen (secondary N) is 1. The molecule has 2 aromatic heterocycles. The molecular weight excluding hydrogens is 479 g/mol. The first-order valence-electron chi connectivity index (χ1n) is 9.46. The second-order valence-corrected chi connectivity index (χ2v) is 8.38. The van der Waals surface area contributed by atoms with Crippen LogP contribution < -0.4 is 5.73 Å². The van der Waals surface area contributed by atoms with Crippen molar-refractivity contribution < 1.29 is 13.2 Å². The Hall–Kier alpha value is -2.09. The van der Waals surface area contributed by atoms with Crippen LogP contribution in [0.25, 0.3) is 33.1 Å². The van der Waals surface area contributed by atoms with Crippen LogP contribution in [0, 0.1) is 0 Å². The molecule has 0 unspecified atom stereocenters. The third kappa shape index (κ3) is 3.82. The number of fused-ring (bicyclic) bond motifs is 2. The van der Waals surface area contributed by atoms with Crippen LogP contribution in [0.15, 0.2) is 47.1 Å². The SMILES string of the molecule is NCCCCc1c(-c2ccc(Br)c3cccnc23)[nH]c2c(C(F)(F)F)cc(Cl)cc12. The largest absolute Gasteiger partial charge is 0.418 e. The summed E-state index contributed by atoms with van der Waals surface area (Å²) in [5.41, 5.74) is 7.78. The van der Waals surface area contributed by atoms with E-state index in [1.54, 1.807) is 12.3 Å². The van der Waals surface area contributed by atoms with Crippen LogP contribution in [0.4, 0.5) is 13.2 Å². The van der Waals surface area contributed by atoms with Gasteiger partial charge < -0.3 is 10.7 Å². The summed E-state index contributed by atoms with van der Waals surface area (Å²) in [7, 11) is 0. The number of alkyl halides is 3. The number of benzene rings is 2. The minimum atomic E-state index is -4.53. The molecule has 2 heterocycles. The molecule has 0 radical (unpaired) electrons. The van der Waals surface area contributed by atoms with Crippen molar-refractivity contribution in [2.24, 2.45) is 5.73 Å². The zero-order chi connectivity index (χ0) is 21.5. The average Bonchev–Trinajstić information content (AvgIpc) is 3.05. The van der Waals surface area contributed by atoms with Gasteiger partial charge in [-0.15, -0.1) is 0 Å². The van der Waals surface area contributed by atoms with Crippen molar-refractivity contribution in [3.05, 3.63) is 63.2 Å². The molecular formula is C22H18BrClF3N3. The molecule has 30 heavy (non-hydrogen) atoms. The van der Waals surface area contributed by atoms with Crippen LogP contribution in [-0.2, 0) is 12.6 Å². The van der Waals surface area contributed by atoms with E-state index in [0.29, 0.717) is 29.6 Å². The van der Waals surface area contributed by atoms with Gasteiger partial charge >= 0.3 is 6.18 Å². The predicted molar refractivity (Wildman–Crippen MR) is 119 cm³/mol. The second-order valence-electron chi connectivity index (χ2n) is 7.09. The minimum Gasteiger partial charge on any atom is -0.354 e. The Morgan fingerprint density at radius 3 is 2.63 bits per heavy atom. The highest BCUT2D eigenvalue weighted by Crippen LogP contribution is 2.42. The average molecular weight is 497 g/mol. The van der Waals surface area contributed by atoms with Gasteiger partial charge in [-0.05, 0) is 61.7 Å². The van der Waals surface area contributed by atoms with E-state index in [1.807, 2.05) is 24.3 Å². The Labute approximate surface area is 184 Å². The highest BCUT2D eigenvalue weighted by molar-refractivity contribution is 9.10. The fraction of sp³-hybridized carbons (Fsp3) is 0.227. The summed E-state index contributed by atoms with van der Waals surface area (Å²) in [5, 5.41) is 1.42. The summed E-state index contributed by atoms with van der Waals surface area (Å²) in [6, 6.07) is 10.1. The lowest BCUT2D eigenvalue weighted by Crippen LogP contribution is -2.05. The third-order valence-corrected chi connectivity index (χ3v) is 6.06. The van der Waals surface area contributed by atoms with Crippen LogP contribution >= 0.6 is 27.5 Å². The molecule has 3 nitrogen and oxygen atoms in total. The van der Waals surface area contributed by atoms with E-state index in [-0.39, 0.29) is 10.5 Å². The number of hydrogen-bond acceptors (Lipinski definition) is 2. The van der Waals surface area contributed by atoms with Gasteiger partial charge in [0.15, 0.2) is 0 Å². The molecule has 0 saturated carbocycles. The molecule has 0 atom stereocenters. The van der Waals surface area contributed by atoms with Crippen molar-refractivity contribution in [1.29, 1.82) is 0 Å². The lowest BCUT2D eigenvalue weighted by atomic mass is 9.98. The summed E-state index contributed by atoms with van der Waals surface area (Å²) < 4.78 is 42.1. The first kappa shape index (κ1) is 21.2. The number of aromatic amines is 1. The van der Waals surface area contributed by atoms with Crippen molar-refractivity contribution in [3.63, 3.8) is 0 Å². The maximum absolute atomic E-state index is 13.7. The molecule has 0 fully saturated rings. The van der Waals surface area contributed by atoms with Gasteiger partial charge in [-0.25, -0.2) is 0 Å². The highest BCUT2D eigenvalue weighted by Gasteiger charge is 2.35. The summed E-state index contributed by atoms with van der Waals surface area (Å²) >= 11 is 9.61. The topological polar surface area (TPSA) is 54.7 Å². The molecule has 8 heteroatoms. The molecule has 0 aliphatic carbocycles. The number of nitrogens with zero attached hydrogens (tertiary/aromatic N) is 1. The highest BCUT2D eigenvalue weighted by atomic mass is 79.9.